The molecule has 5 rings (SSSR count). The van der Waals surface area contributed by atoms with Crippen LogP contribution in [0.25, 0.3) is 21.7 Å². The van der Waals surface area contributed by atoms with Crippen molar-refractivity contribution < 1.29 is 0 Å². The van der Waals surface area contributed by atoms with Gasteiger partial charge in [-0.2, -0.15) is 4.98 Å². The van der Waals surface area contributed by atoms with Crippen LogP contribution in [0.3, 0.4) is 0 Å². The third-order valence-corrected chi connectivity index (χ3v) is 6.66. The molecule has 3 N–H and O–H groups in total. The Hall–Kier alpha value is -3.45. The number of aromatic nitrogens is 2. The third-order valence-electron chi connectivity index (χ3n) is 6.44. The minimum Gasteiger partial charge on any atom is -0.362 e. The Bertz CT molecular complexity index is 1310. The van der Waals surface area contributed by atoms with Crippen molar-refractivity contribution in [3.05, 3.63) is 66.7 Å². The second kappa shape index (κ2) is 9.81. The van der Waals surface area contributed by atoms with Crippen molar-refractivity contribution in [1.82, 2.24) is 15.3 Å². The number of para-hydroxylation sites is 1. The molecule has 1 aliphatic rings. The predicted molar refractivity (Wildman–Crippen MR) is 147 cm³/mol. The van der Waals surface area contributed by atoms with Crippen molar-refractivity contribution >= 4 is 56.5 Å². The molecule has 0 spiro atoms. The van der Waals surface area contributed by atoms with Crippen molar-refractivity contribution in [1.29, 1.82) is 0 Å². The Labute approximate surface area is 205 Å². The van der Waals surface area contributed by atoms with E-state index in [0.717, 1.165) is 48.1 Å². The van der Waals surface area contributed by atoms with Gasteiger partial charge in [0.1, 0.15) is 5.82 Å². The van der Waals surface area contributed by atoms with Crippen molar-refractivity contribution in [2.24, 2.45) is 0 Å². The number of nitrogens with one attached hydrogen (secondary N) is 3. The molecule has 0 amide bonds. The predicted octanol–water partition coefficient (Wildman–Crippen LogP) is 5.56. The van der Waals surface area contributed by atoms with Gasteiger partial charge < -0.3 is 20.9 Å². The molecular weight excluding hydrogens is 440 g/mol. The van der Waals surface area contributed by atoms with Gasteiger partial charge in [0.05, 0.1) is 5.52 Å². The summed E-state index contributed by atoms with van der Waals surface area (Å²) in [6.07, 6.45) is 4.18. The molecule has 3 aromatic carbocycles. The molecule has 7 heteroatoms. The number of anilines is 3. The van der Waals surface area contributed by atoms with E-state index in [2.05, 4.69) is 64.5 Å². The second-order valence-electron chi connectivity index (χ2n) is 9.10. The molecule has 174 valence electrons. The molecule has 1 fully saturated rings. The first kappa shape index (κ1) is 22.3. The molecule has 1 aliphatic carbocycles. The van der Waals surface area contributed by atoms with Gasteiger partial charge in [-0.05, 0) is 61.5 Å². The smallest absolute Gasteiger partial charge is 0.225 e. The summed E-state index contributed by atoms with van der Waals surface area (Å²) in [6, 6.07) is 23.5. The van der Waals surface area contributed by atoms with E-state index in [0.29, 0.717) is 23.1 Å². The molecule has 1 aromatic heterocycles. The molecule has 0 unspecified atom stereocenters. The first-order chi connectivity index (χ1) is 16.6. The maximum Gasteiger partial charge on any atom is 0.225 e. The normalized spacial score (nSPS) is 17.9. The summed E-state index contributed by atoms with van der Waals surface area (Å²) in [4.78, 5) is 11.6. The Morgan fingerprint density at radius 1 is 0.824 bits per heavy atom. The van der Waals surface area contributed by atoms with Crippen LogP contribution >= 0.6 is 12.2 Å². The summed E-state index contributed by atoms with van der Waals surface area (Å²) in [5.41, 5.74) is 2.00. The highest BCUT2D eigenvalue weighted by Gasteiger charge is 2.23. The summed E-state index contributed by atoms with van der Waals surface area (Å²) in [6.45, 7) is 0. The van der Waals surface area contributed by atoms with Gasteiger partial charge in [0.2, 0.25) is 5.95 Å². The molecule has 0 atom stereocenters. The fraction of sp³-hybridized carbons (Fsp3) is 0.296. The summed E-state index contributed by atoms with van der Waals surface area (Å²) in [7, 11) is 4.04. The van der Waals surface area contributed by atoms with Crippen LogP contribution in [0, 0.1) is 0 Å². The Balaban J connectivity index is 1.18. The van der Waals surface area contributed by atoms with Crippen LogP contribution in [-0.4, -0.2) is 41.3 Å². The quantitative estimate of drug-likeness (QED) is 0.330. The molecule has 0 bridgehead atoms. The SMILES string of the molecule is CN(C)c1nc(NC2CCC(NC(=S)Nc3cccc4ccccc34)CC2)nc2ccccc12. The van der Waals surface area contributed by atoms with E-state index in [1.165, 1.54) is 10.8 Å². The van der Waals surface area contributed by atoms with Gasteiger partial charge >= 0.3 is 0 Å². The summed E-state index contributed by atoms with van der Waals surface area (Å²) in [5, 5.41) is 14.6. The van der Waals surface area contributed by atoms with E-state index < -0.39 is 0 Å². The Morgan fingerprint density at radius 3 is 2.29 bits per heavy atom. The summed E-state index contributed by atoms with van der Waals surface area (Å²) in [5.74, 6) is 1.64. The van der Waals surface area contributed by atoms with Crippen molar-refractivity contribution in [2.45, 2.75) is 37.8 Å². The molecular formula is C27H30N6S. The average Bonchev–Trinajstić information content (AvgIpc) is 2.85. The van der Waals surface area contributed by atoms with Crippen LogP contribution in [-0.2, 0) is 0 Å². The average molecular weight is 471 g/mol. The lowest BCUT2D eigenvalue weighted by Gasteiger charge is -2.30. The first-order valence-electron chi connectivity index (χ1n) is 11.8. The van der Waals surface area contributed by atoms with Gasteiger partial charge in [-0.15, -0.1) is 0 Å². The van der Waals surface area contributed by atoms with Crippen LogP contribution < -0.4 is 20.9 Å². The van der Waals surface area contributed by atoms with Crippen LogP contribution in [0.5, 0.6) is 0 Å². The van der Waals surface area contributed by atoms with Crippen molar-refractivity contribution in [3.63, 3.8) is 0 Å². The number of hydrogen-bond donors (Lipinski definition) is 3. The third kappa shape index (κ3) is 4.89. The van der Waals surface area contributed by atoms with Crippen LogP contribution in [0.4, 0.5) is 17.5 Å². The van der Waals surface area contributed by atoms with E-state index in [9.17, 15) is 0 Å². The van der Waals surface area contributed by atoms with Crippen molar-refractivity contribution in [3.8, 4) is 0 Å². The summed E-state index contributed by atoms with van der Waals surface area (Å²) >= 11 is 5.64. The summed E-state index contributed by atoms with van der Waals surface area (Å²) < 4.78 is 0. The molecule has 0 aliphatic heterocycles. The highest BCUT2D eigenvalue weighted by Crippen LogP contribution is 2.27. The number of hydrogen-bond acceptors (Lipinski definition) is 5. The van der Waals surface area contributed by atoms with Gasteiger partial charge in [-0.25, -0.2) is 4.98 Å². The Morgan fingerprint density at radius 2 is 1.50 bits per heavy atom. The van der Waals surface area contributed by atoms with Gasteiger partial charge in [-0.1, -0.05) is 48.5 Å². The minimum absolute atomic E-state index is 0.355. The molecule has 1 heterocycles. The molecule has 4 aromatic rings. The van der Waals surface area contributed by atoms with Gasteiger partial charge in [-0.3, -0.25) is 0 Å². The number of benzene rings is 3. The standard InChI is InChI=1S/C27H30N6S/c1-33(2)25-22-11-5-6-12-24(22)30-26(32-25)28-19-14-16-20(17-15-19)29-27(34)31-23-13-7-9-18-8-3-4-10-21(18)23/h3-13,19-20H,14-17H2,1-2H3,(H,28,30,32)(H2,29,31,34). The van der Waals surface area contributed by atoms with E-state index in [-0.39, 0.29) is 0 Å². The fourth-order valence-corrected chi connectivity index (χ4v) is 4.98. The zero-order chi connectivity index (χ0) is 23.5. The zero-order valence-electron chi connectivity index (χ0n) is 19.6. The highest BCUT2D eigenvalue weighted by atomic mass is 32.1. The number of thiocarbonyl (C=S) groups is 1. The van der Waals surface area contributed by atoms with Gasteiger partial charge in [0.25, 0.3) is 0 Å². The van der Waals surface area contributed by atoms with Crippen LogP contribution in [0.1, 0.15) is 25.7 Å². The van der Waals surface area contributed by atoms with Crippen LogP contribution in [0.2, 0.25) is 0 Å². The van der Waals surface area contributed by atoms with Crippen molar-refractivity contribution in [2.75, 3.05) is 29.6 Å². The lowest BCUT2D eigenvalue weighted by atomic mass is 9.91. The molecule has 1 saturated carbocycles. The minimum atomic E-state index is 0.355. The lowest BCUT2D eigenvalue weighted by Crippen LogP contribution is -2.42. The number of rotatable bonds is 5. The maximum absolute atomic E-state index is 5.64. The zero-order valence-corrected chi connectivity index (χ0v) is 20.4. The molecule has 0 saturated heterocycles. The topological polar surface area (TPSA) is 65.1 Å². The number of nitrogens with zero attached hydrogens (tertiary/aromatic N) is 3. The fourth-order valence-electron chi connectivity index (χ4n) is 4.71. The molecule has 34 heavy (non-hydrogen) atoms. The maximum atomic E-state index is 5.64. The highest BCUT2D eigenvalue weighted by molar-refractivity contribution is 7.80. The lowest BCUT2D eigenvalue weighted by molar-refractivity contribution is 0.387. The van der Waals surface area contributed by atoms with Gasteiger partial charge in [0, 0.05) is 42.6 Å². The van der Waals surface area contributed by atoms with Gasteiger partial charge in [0.15, 0.2) is 5.11 Å². The van der Waals surface area contributed by atoms with E-state index in [1.54, 1.807) is 0 Å². The first-order valence-corrected chi connectivity index (χ1v) is 12.2. The van der Waals surface area contributed by atoms with Crippen LogP contribution in [0.15, 0.2) is 66.7 Å². The Kier molecular flexibility index (Phi) is 6.45. The largest absolute Gasteiger partial charge is 0.362 e. The molecule has 0 radical (unpaired) electrons. The second-order valence-corrected chi connectivity index (χ2v) is 9.51. The monoisotopic (exact) mass is 470 g/mol. The molecule has 6 nitrogen and oxygen atoms in total. The number of fused-ring (bicyclic) bond motifs is 2. The van der Waals surface area contributed by atoms with E-state index in [1.807, 2.05) is 37.2 Å². The van der Waals surface area contributed by atoms with E-state index in [4.69, 9.17) is 22.2 Å². The van der Waals surface area contributed by atoms with E-state index >= 15 is 0 Å².